The van der Waals surface area contributed by atoms with Crippen molar-refractivity contribution >= 4 is 12.2 Å². The maximum atomic E-state index is 2.46. The molecule has 3 aromatic carbocycles. The van der Waals surface area contributed by atoms with E-state index >= 15 is 0 Å². The molecule has 0 heteroatoms. The van der Waals surface area contributed by atoms with Crippen molar-refractivity contribution in [3.8, 4) is 22.3 Å². The fourth-order valence-electron chi connectivity index (χ4n) is 6.94. The number of hydrogen-bond acceptors (Lipinski definition) is 0. The zero-order valence-electron chi connectivity index (χ0n) is 30.2. The molecule has 240 valence electrons. The van der Waals surface area contributed by atoms with Gasteiger partial charge in [-0.25, -0.2) is 0 Å². The van der Waals surface area contributed by atoms with E-state index in [9.17, 15) is 0 Å². The van der Waals surface area contributed by atoms with Crippen LogP contribution in [0, 0.1) is 11.8 Å². The van der Waals surface area contributed by atoms with Gasteiger partial charge in [-0.2, -0.15) is 0 Å². The van der Waals surface area contributed by atoms with E-state index in [1.54, 1.807) is 0 Å². The number of hydrogen-bond donors (Lipinski definition) is 0. The lowest BCUT2D eigenvalue weighted by Crippen LogP contribution is -2.29. The highest BCUT2D eigenvalue weighted by Crippen LogP contribution is 2.36. The minimum absolute atomic E-state index is 0.241. The monoisotopic (exact) mass is 593 g/mol. The largest absolute Gasteiger partial charge is 0.0763 e. The highest BCUT2D eigenvalue weighted by atomic mass is 14.3. The smallest absolute Gasteiger partial charge is 0.00779 e. The first kappa shape index (κ1) is 35.9. The summed E-state index contributed by atoms with van der Waals surface area (Å²) >= 11 is 0. The molecule has 0 saturated heterocycles. The van der Waals surface area contributed by atoms with Gasteiger partial charge in [0, 0.05) is 0 Å². The Hall–Kier alpha value is -2.60. The van der Waals surface area contributed by atoms with Crippen LogP contribution in [0.15, 0.2) is 60.7 Å². The van der Waals surface area contributed by atoms with Gasteiger partial charge in [0.2, 0.25) is 0 Å². The van der Waals surface area contributed by atoms with Crippen LogP contribution in [0.4, 0.5) is 0 Å². The molecule has 0 fully saturated rings. The number of rotatable bonds is 16. The summed E-state index contributed by atoms with van der Waals surface area (Å²) in [5, 5.41) is 2.76. The van der Waals surface area contributed by atoms with E-state index in [-0.39, 0.29) is 10.8 Å². The van der Waals surface area contributed by atoms with Gasteiger partial charge in [-0.1, -0.05) is 168 Å². The van der Waals surface area contributed by atoms with Crippen molar-refractivity contribution in [3.05, 3.63) is 82.2 Å². The molecule has 0 aliphatic carbocycles. The van der Waals surface area contributed by atoms with Crippen LogP contribution in [0.25, 0.3) is 34.4 Å². The van der Waals surface area contributed by atoms with E-state index in [1.807, 2.05) is 0 Å². The third-order valence-corrected chi connectivity index (χ3v) is 10.5. The van der Waals surface area contributed by atoms with E-state index in [0.29, 0.717) is 0 Å². The second kappa shape index (κ2) is 16.6. The summed E-state index contributed by atoms with van der Waals surface area (Å²) in [7, 11) is 0. The Bertz CT molecular complexity index is 1290. The normalized spacial score (nSPS) is 15.6. The first-order chi connectivity index (χ1) is 21.0. The minimum Gasteiger partial charge on any atom is -0.0763 e. The van der Waals surface area contributed by atoms with Crippen molar-refractivity contribution in [1.82, 2.24) is 0 Å². The summed E-state index contributed by atoms with van der Waals surface area (Å²) < 4.78 is 0. The second-order valence-corrected chi connectivity index (χ2v) is 14.8. The lowest BCUT2D eigenvalue weighted by atomic mass is 9.75. The quantitative estimate of drug-likeness (QED) is 0.155. The third kappa shape index (κ3) is 8.99. The van der Waals surface area contributed by atoms with Gasteiger partial charge < -0.3 is 0 Å². The molecule has 0 amide bonds. The zero-order chi connectivity index (χ0) is 32.3. The molecule has 0 radical (unpaired) electrons. The Morgan fingerprint density at radius 2 is 0.864 bits per heavy atom. The SMILES string of the molecule is CC/C=c1/c(-c2ccc(C(C)(CC)CCCC(C)C)cc2)ccc(-c2ccc(C(C)(CC)CCCC(C)C)cc2)/c1=C\CC. The summed E-state index contributed by atoms with van der Waals surface area (Å²) in [5.41, 5.74) is 8.78. The van der Waals surface area contributed by atoms with E-state index in [1.165, 1.54) is 95.2 Å². The van der Waals surface area contributed by atoms with Gasteiger partial charge >= 0.3 is 0 Å². The van der Waals surface area contributed by atoms with Crippen LogP contribution in [-0.4, -0.2) is 0 Å². The third-order valence-electron chi connectivity index (χ3n) is 10.5. The molecule has 0 aromatic heterocycles. The van der Waals surface area contributed by atoms with Crippen LogP contribution < -0.4 is 10.4 Å². The van der Waals surface area contributed by atoms with Gasteiger partial charge in [0.25, 0.3) is 0 Å². The molecular formula is C44H64. The summed E-state index contributed by atoms with van der Waals surface area (Å²) in [6.07, 6.45) is 17.0. The average molecular weight is 593 g/mol. The minimum atomic E-state index is 0.241. The van der Waals surface area contributed by atoms with Crippen molar-refractivity contribution in [1.29, 1.82) is 0 Å². The molecule has 0 saturated carbocycles. The van der Waals surface area contributed by atoms with E-state index < -0.39 is 0 Å². The summed E-state index contributed by atoms with van der Waals surface area (Å²) in [4.78, 5) is 0. The molecule has 0 spiro atoms. The molecule has 0 nitrogen and oxygen atoms in total. The van der Waals surface area contributed by atoms with Crippen molar-refractivity contribution in [2.75, 3.05) is 0 Å². The van der Waals surface area contributed by atoms with Crippen LogP contribution >= 0.6 is 0 Å². The molecule has 0 aliphatic rings. The highest BCUT2D eigenvalue weighted by Gasteiger charge is 2.25. The highest BCUT2D eigenvalue weighted by molar-refractivity contribution is 5.74. The molecule has 3 aromatic rings. The second-order valence-electron chi connectivity index (χ2n) is 14.8. The number of benzene rings is 3. The standard InChI is InChI=1S/C44H64/c1-11-17-41-39(35-21-25-37(26-22-35)43(9,13-3)31-15-19-33(5)6)29-30-40(42(41)18-12-2)36-23-27-38(28-24-36)44(10,14-4)32-16-20-34(7)8/h17-18,21-30,33-34H,11-16,19-20,31-32H2,1-10H3/b41-17-,42-18+. The van der Waals surface area contributed by atoms with Crippen LogP contribution in [0.5, 0.6) is 0 Å². The van der Waals surface area contributed by atoms with Crippen LogP contribution in [0.2, 0.25) is 0 Å². The maximum Gasteiger partial charge on any atom is -0.00779 e. The van der Waals surface area contributed by atoms with Gasteiger partial charge in [-0.15, -0.1) is 0 Å². The molecule has 2 atom stereocenters. The molecule has 2 unspecified atom stereocenters. The fourth-order valence-corrected chi connectivity index (χ4v) is 6.94. The summed E-state index contributed by atoms with van der Waals surface area (Å²) in [6, 6.07) is 23.9. The molecule has 0 N–H and O–H groups in total. The van der Waals surface area contributed by atoms with Gasteiger partial charge in [-0.05, 0) is 105 Å². The van der Waals surface area contributed by atoms with E-state index in [0.717, 1.165) is 24.7 Å². The average Bonchev–Trinajstić information content (AvgIpc) is 3.01. The molecular weight excluding hydrogens is 528 g/mol. The Morgan fingerprint density at radius 3 is 1.14 bits per heavy atom. The first-order valence-corrected chi connectivity index (χ1v) is 18.1. The van der Waals surface area contributed by atoms with Gasteiger partial charge in [-0.3, -0.25) is 0 Å². The summed E-state index contributed by atoms with van der Waals surface area (Å²) in [6.45, 7) is 23.5. The van der Waals surface area contributed by atoms with Crippen molar-refractivity contribution in [3.63, 3.8) is 0 Å². The molecule has 0 aliphatic heterocycles. The van der Waals surface area contributed by atoms with Crippen LogP contribution in [-0.2, 0) is 10.8 Å². The molecule has 3 rings (SSSR count). The van der Waals surface area contributed by atoms with E-state index in [2.05, 4.69) is 142 Å². The van der Waals surface area contributed by atoms with Gasteiger partial charge in [0.1, 0.15) is 0 Å². The topological polar surface area (TPSA) is 0 Å². The van der Waals surface area contributed by atoms with Crippen molar-refractivity contribution < 1.29 is 0 Å². The zero-order valence-corrected chi connectivity index (χ0v) is 30.2. The summed E-state index contributed by atoms with van der Waals surface area (Å²) in [5.74, 6) is 1.55. The Kier molecular flexibility index (Phi) is 13.6. The fraction of sp³-hybridized carbons (Fsp3) is 0.545. The molecule has 0 heterocycles. The Labute approximate surface area is 272 Å². The lowest BCUT2D eigenvalue weighted by Gasteiger charge is -2.30. The Morgan fingerprint density at radius 1 is 0.523 bits per heavy atom. The van der Waals surface area contributed by atoms with E-state index in [4.69, 9.17) is 0 Å². The Balaban J connectivity index is 2.01. The van der Waals surface area contributed by atoms with Crippen molar-refractivity contribution in [2.24, 2.45) is 11.8 Å². The lowest BCUT2D eigenvalue weighted by molar-refractivity contribution is 0.382. The first-order valence-electron chi connectivity index (χ1n) is 18.1. The molecule has 0 bridgehead atoms. The molecule has 44 heavy (non-hydrogen) atoms. The van der Waals surface area contributed by atoms with Crippen LogP contribution in [0.1, 0.15) is 145 Å². The van der Waals surface area contributed by atoms with Crippen molar-refractivity contribution in [2.45, 2.75) is 144 Å². The van der Waals surface area contributed by atoms with Gasteiger partial charge in [0.15, 0.2) is 0 Å². The predicted octanol–water partition coefficient (Wildman–Crippen LogP) is 12.4. The van der Waals surface area contributed by atoms with Gasteiger partial charge in [0.05, 0.1) is 0 Å². The van der Waals surface area contributed by atoms with Crippen LogP contribution in [0.3, 0.4) is 0 Å². The predicted molar refractivity (Wildman–Crippen MR) is 199 cm³/mol. The maximum absolute atomic E-state index is 2.46.